The fourth-order valence-corrected chi connectivity index (χ4v) is 6.13. The number of carbonyl (C=O) groups is 2. The van der Waals surface area contributed by atoms with Crippen molar-refractivity contribution in [2.45, 2.75) is 13.0 Å². The van der Waals surface area contributed by atoms with Crippen molar-refractivity contribution in [2.75, 3.05) is 12.4 Å². The van der Waals surface area contributed by atoms with Crippen molar-refractivity contribution in [1.82, 2.24) is 9.97 Å². The molecule has 7 nitrogen and oxygen atoms in total. The molecule has 0 saturated heterocycles. The van der Waals surface area contributed by atoms with E-state index in [-0.39, 0.29) is 0 Å². The number of benzene rings is 4. The zero-order valence-electron chi connectivity index (χ0n) is 21.6. The van der Waals surface area contributed by atoms with Crippen LogP contribution in [0.4, 0.5) is 5.13 Å². The zero-order valence-corrected chi connectivity index (χ0v) is 23.2. The van der Waals surface area contributed by atoms with Gasteiger partial charge in [-0.05, 0) is 42.6 Å². The van der Waals surface area contributed by atoms with Gasteiger partial charge in [0.05, 0.1) is 28.6 Å². The summed E-state index contributed by atoms with van der Waals surface area (Å²) in [7, 11) is 1.61. The number of anilines is 1. The largest absolute Gasteiger partial charge is 0.497 e. The van der Waals surface area contributed by atoms with E-state index in [0.717, 1.165) is 42.9 Å². The molecule has 198 valence electrons. The van der Waals surface area contributed by atoms with Gasteiger partial charge in [0.25, 0.3) is 5.91 Å². The Labute approximate surface area is 238 Å². The summed E-state index contributed by atoms with van der Waals surface area (Å²) in [5, 5.41) is 7.46. The first kappa shape index (κ1) is 25.7. The molecular formula is C31H23N3O4S2. The van der Waals surface area contributed by atoms with Crippen molar-refractivity contribution in [3.05, 3.63) is 95.9 Å². The van der Waals surface area contributed by atoms with E-state index in [1.54, 1.807) is 31.4 Å². The standard InChI is InChI=1S/C31H23N3O4S2/c1-18(28(35)34-31-33-25(17-39-31)20-10-5-11-21(16-20)37-2)38-30(36)23-13-7-9-19-8-6-12-22(27(19)23)29-32-24-14-3-4-15-26(24)40-29/h3-18H,1-2H3,(H,33,34,35). The molecule has 2 heterocycles. The number of carbonyl (C=O) groups excluding carboxylic acids is 2. The number of aromatic nitrogens is 2. The second-order valence-corrected chi connectivity index (χ2v) is 10.9. The molecule has 1 N–H and O–H groups in total. The quantitative estimate of drug-likeness (QED) is 0.202. The van der Waals surface area contributed by atoms with Gasteiger partial charge in [-0.2, -0.15) is 0 Å². The van der Waals surface area contributed by atoms with Crippen LogP contribution in [0.2, 0.25) is 0 Å². The first-order valence-electron chi connectivity index (χ1n) is 12.5. The van der Waals surface area contributed by atoms with Gasteiger partial charge in [0.1, 0.15) is 10.8 Å². The molecule has 1 amide bonds. The van der Waals surface area contributed by atoms with E-state index in [2.05, 4.69) is 10.3 Å². The maximum absolute atomic E-state index is 13.4. The molecule has 6 rings (SSSR count). The topological polar surface area (TPSA) is 90.4 Å². The first-order chi connectivity index (χ1) is 19.5. The Balaban J connectivity index is 1.22. The predicted octanol–water partition coefficient (Wildman–Crippen LogP) is 7.43. The average Bonchev–Trinajstić information content (AvgIpc) is 3.64. The number of nitrogens with one attached hydrogen (secondary N) is 1. The number of ether oxygens (including phenoxy) is 2. The van der Waals surface area contributed by atoms with Gasteiger partial charge < -0.3 is 9.47 Å². The van der Waals surface area contributed by atoms with Crippen molar-refractivity contribution in [3.63, 3.8) is 0 Å². The molecule has 0 spiro atoms. The molecule has 0 bridgehead atoms. The van der Waals surface area contributed by atoms with Gasteiger partial charge in [-0.15, -0.1) is 22.7 Å². The monoisotopic (exact) mass is 565 g/mol. The van der Waals surface area contributed by atoms with Crippen LogP contribution in [-0.2, 0) is 9.53 Å². The van der Waals surface area contributed by atoms with Crippen LogP contribution in [0.25, 0.3) is 42.8 Å². The van der Waals surface area contributed by atoms with Crippen molar-refractivity contribution >= 4 is 60.7 Å². The number of hydrogen-bond donors (Lipinski definition) is 1. The fourth-order valence-electron chi connectivity index (χ4n) is 4.41. The van der Waals surface area contributed by atoms with E-state index >= 15 is 0 Å². The van der Waals surface area contributed by atoms with Crippen LogP contribution < -0.4 is 10.1 Å². The molecule has 4 aromatic carbocycles. The maximum Gasteiger partial charge on any atom is 0.339 e. The van der Waals surface area contributed by atoms with Crippen LogP contribution in [0.3, 0.4) is 0 Å². The number of para-hydroxylation sites is 1. The fraction of sp³-hybridized carbons (Fsp3) is 0.0968. The Hall–Kier alpha value is -4.60. The summed E-state index contributed by atoms with van der Waals surface area (Å²) < 4.78 is 12.0. The van der Waals surface area contributed by atoms with Crippen molar-refractivity contribution in [1.29, 1.82) is 0 Å². The smallest absolute Gasteiger partial charge is 0.339 e. The molecule has 40 heavy (non-hydrogen) atoms. The Morgan fingerprint density at radius 3 is 2.55 bits per heavy atom. The van der Waals surface area contributed by atoms with Crippen molar-refractivity contribution in [3.8, 4) is 27.6 Å². The van der Waals surface area contributed by atoms with Gasteiger partial charge >= 0.3 is 5.97 Å². The SMILES string of the molecule is COc1cccc(-c2csc(NC(=O)C(C)OC(=O)c3cccc4cccc(-c5nc6ccccc6s5)c34)n2)c1. The Kier molecular flexibility index (Phi) is 6.98. The number of nitrogens with zero attached hydrogens (tertiary/aromatic N) is 2. The number of hydrogen-bond acceptors (Lipinski definition) is 8. The minimum atomic E-state index is -1.04. The highest BCUT2D eigenvalue weighted by Crippen LogP contribution is 2.36. The molecule has 1 unspecified atom stereocenters. The van der Waals surface area contributed by atoms with E-state index in [1.807, 2.05) is 84.2 Å². The minimum absolute atomic E-state index is 0.376. The third kappa shape index (κ3) is 5.04. The van der Waals surface area contributed by atoms with Gasteiger partial charge in [-0.3, -0.25) is 10.1 Å². The maximum atomic E-state index is 13.4. The summed E-state index contributed by atoms with van der Waals surface area (Å²) in [6.45, 7) is 1.55. The van der Waals surface area contributed by atoms with E-state index in [4.69, 9.17) is 14.5 Å². The summed E-state index contributed by atoms with van der Waals surface area (Å²) >= 11 is 2.86. The van der Waals surface area contributed by atoms with Crippen LogP contribution in [-0.4, -0.2) is 35.1 Å². The van der Waals surface area contributed by atoms with Gasteiger partial charge in [0, 0.05) is 21.9 Å². The van der Waals surface area contributed by atoms with Crippen LogP contribution in [0.1, 0.15) is 17.3 Å². The van der Waals surface area contributed by atoms with Crippen LogP contribution >= 0.6 is 22.7 Å². The molecular weight excluding hydrogens is 542 g/mol. The van der Waals surface area contributed by atoms with E-state index in [1.165, 1.54) is 11.3 Å². The van der Waals surface area contributed by atoms with E-state index in [9.17, 15) is 9.59 Å². The minimum Gasteiger partial charge on any atom is -0.497 e. The van der Waals surface area contributed by atoms with Gasteiger partial charge in [0.2, 0.25) is 0 Å². The molecule has 1 atom stereocenters. The highest BCUT2D eigenvalue weighted by atomic mass is 32.1. The molecule has 0 aliphatic carbocycles. The molecule has 0 aliphatic rings. The molecule has 0 saturated carbocycles. The number of rotatable bonds is 7. The average molecular weight is 566 g/mol. The Morgan fingerprint density at radius 2 is 1.73 bits per heavy atom. The summed E-state index contributed by atoms with van der Waals surface area (Å²) in [6.07, 6.45) is -1.04. The molecule has 2 aromatic heterocycles. The zero-order chi connectivity index (χ0) is 27.6. The van der Waals surface area contributed by atoms with Crippen LogP contribution in [0.15, 0.2) is 90.3 Å². The Morgan fingerprint density at radius 1 is 0.925 bits per heavy atom. The second kappa shape index (κ2) is 10.9. The number of amides is 1. The van der Waals surface area contributed by atoms with Crippen LogP contribution in [0, 0.1) is 0 Å². The van der Waals surface area contributed by atoms with E-state index in [0.29, 0.717) is 16.4 Å². The van der Waals surface area contributed by atoms with Crippen LogP contribution in [0.5, 0.6) is 5.75 Å². The van der Waals surface area contributed by atoms with Crippen molar-refractivity contribution < 1.29 is 19.1 Å². The van der Waals surface area contributed by atoms with E-state index < -0.39 is 18.0 Å². The number of methoxy groups -OCH3 is 1. The lowest BCUT2D eigenvalue weighted by atomic mass is 9.99. The molecule has 6 aromatic rings. The summed E-state index contributed by atoms with van der Waals surface area (Å²) in [5.74, 6) is -0.333. The highest BCUT2D eigenvalue weighted by Gasteiger charge is 2.23. The lowest BCUT2D eigenvalue weighted by Gasteiger charge is -2.14. The van der Waals surface area contributed by atoms with Gasteiger partial charge in [0.15, 0.2) is 11.2 Å². The Bertz CT molecular complexity index is 1840. The number of fused-ring (bicyclic) bond motifs is 2. The molecule has 0 fully saturated rings. The summed E-state index contributed by atoms with van der Waals surface area (Å²) in [5.41, 5.74) is 3.71. The normalized spacial score (nSPS) is 11.8. The summed E-state index contributed by atoms with van der Waals surface area (Å²) in [4.78, 5) is 35.6. The lowest BCUT2D eigenvalue weighted by Crippen LogP contribution is -2.30. The third-order valence-electron chi connectivity index (χ3n) is 6.40. The number of esters is 1. The molecule has 0 radical (unpaired) electrons. The third-order valence-corrected chi connectivity index (χ3v) is 8.23. The first-order valence-corrected chi connectivity index (χ1v) is 14.2. The van der Waals surface area contributed by atoms with Gasteiger partial charge in [-0.25, -0.2) is 14.8 Å². The molecule has 0 aliphatic heterocycles. The second-order valence-electron chi connectivity index (χ2n) is 9.00. The lowest BCUT2D eigenvalue weighted by molar-refractivity contribution is -0.123. The predicted molar refractivity (Wildman–Crippen MR) is 160 cm³/mol. The summed E-state index contributed by atoms with van der Waals surface area (Å²) in [6, 6.07) is 26.8. The number of thiazole rings is 2. The molecule has 9 heteroatoms. The van der Waals surface area contributed by atoms with Crippen molar-refractivity contribution in [2.24, 2.45) is 0 Å². The highest BCUT2D eigenvalue weighted by molar-refractivity contribution is 7.21. The van der Waals surface area contributed by atoms with Gasteiger partial charge in [-0.1, -0.05) is 54.6 Å².